The van der Waals surface area contributed by atoms with Gasteiger partial charge < -0.3 is 9.47 Å². The molecule has 0 heterocycles. The van der Waals surface area contributed by atoms with Crippen molar-refractivity contribution in [3.05, 3.63) is 24.5 Å². The summed E-state index contributed by atoms with van der Waals surface area (Å²) in [5, 5.41) is 0. The predicted molar refractivity (Wildman–Crippen MR) is 51.3 cm³/mol. The van der Waals surface area contributed by atoms with E-state index in [1.807, 2.05) is 6.08 Å². The first kappa shape index (κ1) is 12.4. The lowest BCUT2D eigenvalue weighted by Crippen LogP contribution is -2.03. The summed E-state index contributed by atoms with van der Waals surface area (Å²) in [5.41, 5.74) is 0. The third-order valence-electron chi connectivity index (χ3n) is 1.41. The summed E-state index contributed by atoms with van der Waals surface area (Å²) in [5.74, 6) is 0.225. The van der Waals surface area contributed by atoms with Crippen molar-refractivity contribution in [2.75, 3.05) is 7.11 Å². The molecule has 0 aliphatic heterocycles. The van der Waals surface area contributed by atoms with E-state index in [2.05, 4.69) is 11.3 Å². The standard InChI is InChI=1S/C6H8O2.C4H6O2/c1-5(7)8-6-3-2-4-6;1-3-4(5)6-2/h3H,2,4H2,1H3;3H,1H2,2H3. The van der Waals surface area contributed by atoms with Gasteiger partial charge in [0, 0.05) is 19.4 Å². The molecule has 0 unspecified atom stereocenters. The SMILES string of the molecule is C=CC(=O)OC.CC(=O)OC1=CCC1. The minimum absolute atomic E-state index is 0.212. The second-order valence-electron chi connectivity index (χ2n) is 2.53. The lowest BCUT2D eigenvalue weighted by Gasteiger charge is -2.11. The highest BCUT2D eigenvalue weighted by molar-refractivity contribution is 5.80. The van der Waals surface area contributed by atoms with Gasteiger partial charge in [-0.1, -0.05) is 6.58 Å². The molecule has 14 heavy (non-hydrogen) atoms. The quantitative estimate of drug-likeness (QED) is 0.499. The van der Waals surface area contributed by atoms with Crippen molar-refractivity contribution >= 4 is 11.9 Å². The lowest BCUT2D eigenvalue weighted by molar-refractivity contribution is -0.137. The van der Waals surface area contributed by atoms with E-state index in [1.165, 1.54) is 14.0 Å². The number of allylic oxidation sites excluding steroid dienone is 2. The molecule has 0 saturated carbocycles. The molecule has 78 valence electrons. The van der Waals surface area contributed by atoms with E-state index in [1.54, 1.807) is 0 Å². The highest BCUT2D eigenvalue weighted by atomic mass is 16.5. The van der Waals surface area contributed by atoms with Crippen LogP contribution in [0.15, 0.2) is 24.5 Å². The first-order valence-corrected chi connectivity index (χ1v) is 4.18. The number of carbonyl (C=O) groups excluding carboxylic acids is 2. The Morgan fingerprint density at radius 2 is 2.14 bits per heavy atom. The summed E-state index contributed by atoms with van der Waals surface area (Å²) in [6.45, 7) is 4.57. The van der Waals surface area contributed by atoms with Gasteiger partial charge in [0.05, 0.1) is 7.11 Å². The fourth-order valence-corrected chi connectivity index (χ4v) is 0.623. The van der Waals surface area contributed by atoms with Gasteiger partial charge in [0.1, 0.15) is 5.76 Å². The van der Waals surface area contributed by atoms with E-state index in [9.17, 15) is 9.59 Å². The van der Waals surface area contributed by atoms with E-state index >= 15 is 0 Å². The molecule has 0 aromatic rings. The summed E-state index contributed by atoms with van der Waals surface area (Å²) in [4.78, 5) is 20.0. The Balaban J connectivity index is 0.000000255. The van der Waals surface area contributed by atoms with Crippen LogP contribution in [-0.2, 0) is 19.1 Å². The highest BCUT2D eigenvalue weighted by Gasteiger charge is 2.07. The molecule has 0 radical (unpaired) electrons. The van der Waals surface area contributed by atoms with Gasteiger partial charge in [0.15, 0.2) is 0 Å². The van der Waals surface area contributed by atoms with Gasteiger partial charge in [0.25, 0.3) is 0 Å². The topological polar surface area (TPSA) is 52.6 Å². The maximum Gasteiger partial charge on any atom is 0.329 e. The van der Waals surface area contributed by atoms with Gasteiger partial charge in [-0.15, -0.1) is 0 Å². The molecule has 0 N–H and O–H groups in total. The molecule has 0 aromatic carbocycles. The van der Waals surface area contributed by atoms with Crippen LogP contribution in [0, 0.1) is 0 Å². The Kier molecular flexibility index (Phi) is 6.11. The van der Waals surface area contributed by atoms with Crippen LogP contribution in [0.4, 0.5) is 0 Å². The van der Waals surface area contributed by atoms with Crippen LogP contribution in [0.3, 0.4) is 0 Å². The number of rotatable bonds is 2. The number of carbonyl (C=O) groups is 2. The molecule has 1 aliphatic rings. The van der Waals surface area contributed by atoms with Crippen LogP contribution in [0.5, 0.6) is 0 Å². The first-order chi connectivity index (χ1) is 6.60. The zero-order valence-corrected chi connectivity index (χ0v) is 8.41. The monoisotopic (exact) mass is 198 g/mol. The molecule has 1 rings (SSSR count). The largest absolute Gasteiger partial charge is 0.466 e. The summed E-state index contributed by atoms with van der Waals surface area (Å²) < 4.78 is 8.85. The summed E-state index contributed by atoms with van der Waals surface area (Å²) in [6, 6.07) is 0. The first-order valence-electron chi connectivity index (χ1n) is 4.18. The molecule has 0 saturated heterocycles. The van der Waals surface area contributed by atoms with Gasteiger partial charge in [-0.25, -0.2) is 4.79 Å². The molecule has 0 atom stereocenters. The van der Waals surface area contributed by atoms with Crippen LogP contribution in [0.1, 0.15) is 19.8 Å². The second kappa shape index (κ2) is 6.88. The minimum atomic E-state index is -0.394. The van der Waals surface area contributed by atoms with E-state index in [0.717, 1.165) is 24.7 Å². The minimum Gasteiger partial charge on any atom is -0.466 e. The number of methoxy groups -OCH3 is 1. The molecule has 0 amide bonds. The summed E-state index contributed by atoms with van der Waals surface area (Å²) in [6.07, 6.45) is 5.02. The zero-order chi connectivity index (χ0) is 11.0. The van der Waals surface area contributed by atoms with E-state index in [4.69, 9.17) is 4.74 Å². The molecular formula is C10H14O4. The smallest absolute Gasteiger partial charge is 0.329 e. The van der Waals surface area contributed by atoms with Gasteiger partial charge >= 0.3 is 11.9 Å². The van der Waals surface area contributed by atoms with Gasteiger partial charge in [0.2, 0.25) is 0 Å². The van der Waals surface area contributed by atoms with Gasteiger partial charge in [-0.2, -0.15) is 0 Å². The number of esters is 2. The maximum atomic E-state index is 10.2. The van der Waals surface area contributed by atoms with Gasteiger partial charge in [-0.3, -0.25) is 4.79 Å². The Bertz CT molecular complexity index is 253. The van der Waals surface area contributed by atoms with Crippen LogP contribution < -0.4 is 0 Å². The third kappa shape index (κ3) is 5.99. The fourth-order valence-electron chi connectivity index (χ4n) is 0.623. The van der Waals surface area contributed by atoms with E-state index in [0.29, 0.717) is 0 Å². The van der Waals surface area contributed by atoms with Crippen molar-refractivity contribution in [3.8, 4) is 0 Å². The normalized spacial score (nSPS) is 12.3. The van der Waals surface area contributed by atoms with Crippen molar-refractivity contribution in [1.29, 1.82) is 0 Å². The molecule has 0 aromatic heterocycles. The Morgan fingerprint density at radius 3 is 2.21 bits per heavy atom. The number of hydrogen-bond acceptors (Lipinski definition) is 4. The molecule has 4 nitrogen and oxygen atoms in total. The highest BCUT2D eigenvalue weighted by Crippen LogP contribution is 2.18. The third-order valence-corrected chi connectivity index (χ3v) is 1.41. The van der Waals surface area contributed by atoms with Crippen molar-refractivity contribution in [1.82, 2.24) is 0 Å². The average molecular weight is 198 g/mol. The van der Waals surface area contributed by atoms with E-state index in [-0.39, 0.29) is 5.97 Å². The van der Waals surface area contributed by atoms with Crippen molar-refractivity contribution in [2.24, 2.45) is 0 Å². The summed E-state index contributed by atoms with van der Waals surface area (Å²) in [7, 11) is 1.31. The van der Waals surface area contributed by atoms with Crippen molar-refractivity contribution in [2.45, 2.75) is 19.8 Å². The van der Waals surface area contributed by atoms with E-state index < -0.39 is 5.97 Å². The number of hydrogen-bond donors (Lipinski definition) is 0. The molecule has 4 heteroatoms. The van der Waals surface area contributed by atoms with Crippen LogP contribution in [0.2, 0.25) is 0 Å². The van der Waals surface area contributed by atoms with Crippen molar-refractivity contribution < 1.29 is 19.1 Å². The van der Waals surface area contributed by atoms with Gasteiger partial charge in [-0.05, 0) is 12.5 Å². The Labute approximate surface area is 83.2 Å². The zero-order valence-electron chi connectivity index (χ0n) is 8.41. The molecule has 0 fully saturated rings. The number of ether oxygens (including phenoxy) is 2. The Hall–Kier alpha value is -1.58. The lowest BCUT2D eigenvalue weighted by atomic mass is 10.1. The Morgan fingerprint density at radius 1 is 1.57 bits per heavy atom. The average Bonchev–Trinajstić information content (AvgIpc) is 2.11. The van der Waals surface area contributed by atoms with Crippen LogP contribution in [0.25, 0.3) is 0 Å². The second-order valence-corrected chi connectivity index (χ2v) is 2.53. The molecule has 0 bridgehead atoms. The van der Waals surface area contributed by atoms with Crippen LogP contribution in [-0.4, -0.2) is 19.0 Å². The molecule has 0 spiro atoms. The molecular weight excluding hydrogens is 184 g/mol. The van der Waals surface area contributed by atoms with Crippen LogP contribution >= 0.6 is 0 Å². The predicted octanol–water partition coefficient (Wildman–Crippen LogP) is 1.57. The molecule has 1 aliphatic carbocycles. The maximum absolute atomic E-state index is 10.2. The fraction of sp³-hybridized carbons (Fsp3) is 0.400. The summed E-state index contributed by atoms with van der Waals surface area (Å²) >= 11 is 0. The van der Waals surface area contributed by atoms with Crippen molar-refractivity contribution in [3.63, 3.8) is 0 Å².